The molecular weight excluding hydrogens is 592 g/mol. The van der Waals surface area contributed by atoms with Crippen molar-refractivity contribution in [2.24, 2.45) is 28.1 Å². The lowest BCUT2D eigenvalue weighted by atomic mass is 10.0. The normalized spacial score (nSPS) is 13.7. The Hall–Kier alpha value is -5.11. The summed E-state index contributed by atoms with van der Waals surface area (Å²) in [5.74, 6) is -3.13. The first-order valence-electron chi connectivity index (χ1n) is 15.1. The summed E-state index contributed by atoms with van der Waals surface area (Å²) in [6.45, 7) is 4.05. The molecule has 0 aliphatic rings. The number of rotatable bonds is 17. The number of aromatic hydroxyl groups is 1. The molecule has 0 aliphatic heterocycles. The van der Waals surface area contributed by atoms with Crippen molar-refractivity contribution in [3.8, 4) is 5.75 Å². The predicted octanol–water partition coefficient (Wildman–Crippen LogP) is 0.625. The number of aromatic nitrogens is 1. The van der Waals surface area contributed by atoms with Crippen LogP contribution < -0.4 is 33.2 Å². The van der Waals surface area contributed by atoms with E-state index in [1.165, 1.54) is 12.1 Å². The number of benzene rings is 2. The van der Waals surface area contributed by atoms with E-state index in [1.807, 2.05) is 38.1 Å². The molecule has 0 bridgehead atoms. The highest BCUT2D eigenvalue weighted by Crippen LogP contribution is 2.20. The van der Waals surface area contributed by atoms with Crippen LogP contribution in [0.5, 0.6) is 5.75 Å². The van der Waals surface area contributed by atoms with Crippen LogP contribution in [0.15, 0.2) is 59.7 Å². The molecule has 1 aromatic heterocycles. The third kappa shape index (κ3) is 10.8. The number of aliphatic imine (C=N–C) groups is 1. The molecule has 248 valence electrons. The van der Waals surface area contributed by atoms with E-state index in [0.29, 0.717) is 24.0 Å². The Labute approximate surface area is 267 Å². The molecule has 3 aromatic rings. The van der Waals surface area contributed by atoms with E-state index in [-0.39, 0.29) is 43.4 Å². The summed E-state index contributed by atoms with van der Waals surface area (Å²) in [4.78, 5) is 59.6. The Morgan fingerprint density at radius 3 is 2.15 bits per heavy atom. The Morgan fingerprint density at radius 1 is 0.870 bits per heavy atom. The number of para-hydroxylation sites is 1. The maximum absolute atomic E-state index is 13.7. The number of fused-ring (bicyclic) bond motifs is 1. The lowest BCUT2D eigenvalue weighted by Gasteiger charge is -2.25. The van der Waals surface area contributed by atoms with Gasteiger partial charge in [-0.15, -0.1) is 0 Å². The van der Waals surface area contributed by atoms with Gasteiger partial charge in [-0.05, 0) is 54.5 Å². The molecule has 46 heavy (non-hydrogen) atoms. The minimum absolute atomic E-state index is 0.0197. The van der Waals surface area contributed by atoms with Gasteiger partial charge in [-0.2, -0.15) is 0 Å². The van der Waals surface area contributed by atoms with Gasteiger partial charge >= 0.3 is 5.97 Å². The maximum atomic E-state index is 13.7. The lowest BCUT2D eigenvalue weighted by Crippen LogP contribution is -2.58. The van der Waals surface area contributed by atoms with Crippen LogP contribution in [0, 0.1) is 5.92 Å². The van der Waals surface area contributed by atoms with E-state index < -0.39 is 47.9 Å². The quantitative estimate of drug-likeness (QED) is 0.0571. The monoisotopic (exact) mass is 636 g/mol. The summed E-state index contributed by atoms with van der Waals surface area (Å²) in [7, 11) is 0. The van der Waals surface area contributed by atoms with Crippen molar-refractivity contribution in [2.75, 3.05) is 6.54 Å². The summed E-state index contributed by atoms with van der Waals surface area (Å²) in [5.41, 5.74) is 19.0. The van der Waals surface area contributed by atoms with Gasteiger partial charge in [0.2, 0.25) is 17.7 Å². The molecule has 0 radical (unpaired) electrons. The van der Waals surface area contributed by atoms with Crippen LogP contribution in [-0.4, -0.2) is 75.6 Å². The maximum Gasteiger partial charge on any atom is 0.326 e. The lowest BCUT2D eigenvalue weighted by molar-refractivity contribution is -0.142. The standard InChI is InChI=1S/C32H44N8O6/c1-18(2)14-23(33)28(42)38-25(8-5-13-36-32(34)35)29(43)39-26(16-20-17-37-24-7-4-3-6-22(20)24)30(44)40-27(31(45)46)15-19-9-11-21(41)12-10-19/h3-4,6-7,9-12,17-18,23,25-27,37,41H,5,8,13-16,33H2,1-2H3,(H,38,42)(H,39,43)(H,40,44)(H,45,46)(H4,34,35,36). The summed E-state index contributed by atoms with van der Waals surface area (Å²) in [6, 6.07) is 8.92. The number of guanidine groups is 1. The van der Waals surface area contributed by atoms with Gasteiger partial charge in [0.05, 0.1) is 6.04 Å². The second kappa shape index (κ2) is 16.8. The fourth-order valence-electron chi connectivity index (χ4n) is 5.01. The van der Waals surface area contributed by atoms with Crippen molar-refractivity contribution in [2.45, 2.75) is 70.1 Å². The third-order valence-corrected chi connectivity index (χ3v) is 7.36. The first kappa shape index (κ1) is 35.4. The number of nitrogens with zero attached hydrogens (tertiary/aromatic N) is 1. The molecular formula is C32H44N8O6. The number of nitrogens with one attached hydrogen (secondary N) is 4. The number of carbonyl (C=O) groups excluding carboxylic acids is 3. The van der Waals surface area contributed by atoms with Gasteiger partial charge in [-0.1, -0.05) is 44.2 Å². The SMILES string of the molecule is CC(C)CC(N)C(=O)NC(CCCN=C(N)N)C(=O)NC(Cc1c[nH]c2ccccc12)C(=O)NC(Cc1ccc(O)cc1)C(=O)O. The van der Waals surface area contributed by atoms with Crippen molar-refractivity contribution in [3.63, 3.8) is 0 Å². The van der Waals surface area contributed by atoms with Gasteiger partial charge in [-0.3, -0.25) is 19.4 Å². The molecule has 1 heterocycles. The van der Waals surface area contributed by atoms with Gasteiger partial charge in [0.15, 0.2) is 5.96 Å². The van der Waals surface area contributed by atoms with Crippen molar-refractivity contribution >= 4 is 40.6 Å². The molecule has 0 aliphatic carbocycles. The Bertz CT molecular complexity index is 1520. The minimum Gasteiger partial charge on any atom is -0.508 e. The van der Waals surface area contributed by atoms with E-state index >= 15 is 0 Å². The Balaban J connectivity index is 1.87. The van der Waals surface area contributed by atoms with E-state index in [0.717, 1.165) is 10.9 Å². The van der Waals surface area contributed by atoms with Crippen LogP contribution in [0.3, 0.4) is 0 Å². The number of carbonyl (C=O) groups is 4. The zero-order chi connectivity index (χ0) is 33.8. The number of phenols is 1. The van der Waals surface area contributed by atoms with E-state index in [2.05, 4.69) is 25.9 Å². The van der Waals surface area contributed by atoms with E-state index in [4.69, 9.17) is 17.2 Å². The second-order valence-corrected chi connectivity index (χ2v) is 11.6. The van der Waals surface area contributed by atoms with Crippen LogP contribution in [0.2, 0.25) is 0 Å². The number of hydrogen-bond donors (Lipinski definition) is 9. The van der Waals surface area contributed by atoms with Gasteiger partial charge < -0.3 is 48.3 Å². The third-order valence-electron chi connectivity index (χ3n) is 7.36. The van der Waals surface area contributed by atoms with Crippen LogP contribution in [0.4, 0.5) is 0 Å². The van der Waals surface area contributed by atoms with Crippen LogP contribution in [-0.2, 0) is 32.0 Å². The Morgan fingerprint density at radius 2 is 1.50 bits per heavy atom. The number of aliphatic carboxylic acids is 1. The fourth-order valence-corrected chi connectivity index (χ4v) is 5.01. The first-order chi connectivity index (χ1) is 21.8. The van der Waals surface area contributed by atoms with Gasteiger partial charge in [0.25, 0.3) is 0 Å². The molecule has 12 N–H and O–H groups in total. The molecule has 4 unspecified atom stereocenters. The smallest absolute Gasteiger partial charge is 0.326 e. The highest BCUT2D eigenvalue weighted by Gasteiger charge is 2.31. The van der Waals surface area contributed by atoms with Crippen molar-refractivity contribution in [1.82, 2.24) is 20.9 Å². The molecule has 2 aromatic carbocycles. The average Bonchev–Trinajstić information content (AvgIpc) is 3.40. The minimum atomic E-state index is -1.33. The first-order valence-corrected chi connectivity index (χ1v) is 15.1. The van der Waals surface area contributed by atoms with Crippen molar-refractivity contribution in [1.29, 1.82) is 0 Å². The van der Waals surface area contributed by atoms with Gasteiger partial charge in [0, 0.05) is 36.5 Å². The number of H-pyrrole nitrogens is 1. The number of aromatic amines is 1. The van der Waals surface area contributed by atoms with Crippen molar-refractivity contribution < 1.29 is 29.4 Å². The Kier molecular flexibility index (Phi) is 12.9. The van der Waals surface area contributed by atoms with Gasteiger partial charge in [0.1, 0.15) is 23.9 Å². The molecule has 0 saturated carbocycles. The van der Waals surface area contributed by atoms with E-state index in [1.54, 1.807) is 18.3 Å². The van der Waals surface area contributed by atoms with Crippen LogP contribution in [0.1, 0.15) is 44.2 Å². The molecule has 14 heteroatoms. The molecule has 3 amide bonds. The van der Waals surface area contributed by atoms with Gasteiger partial charge in [-0.25, -0.2) is 4.79 Å². The largest absolute Gasteiger partial charge is 0.508 e. The highest BCUT2D eigenvalue weighted by molar-refractivity contribution is 5.95. The molecule has 0 saturated heterocycles. The average molecular weight is 637 g/mol. The fraction of sp³-hybridized carbons (Fsp3) is 0.406. The molecule has 14 nitrogen and oxygen atoms in total. The summed E-state index contributed by atoms with van der Waals surface area (Å²) < 4.78 is 0. The molecule has 0 fully saturated rings. The molecule has 0 spiro atoms. The van der Waals surface area contributed by atoms with Crippen molar-refractivity contribution in [3.05, 3.63) is 65.9 Å². The zero-order valence-corrected chi connectivity index (χ0v) is 26.0. The second-order valence-electron chi connectivity index (χ2n) is 11.6. The summed E-state index contributed by atoms with van der Waals surface area (Å²) in [5, 5.41) is 28.3. The zero-order valence-electron chi connectivity index (χ0n) is 26.0. The number of carboxylic acids is 1. The van der Waals surface area contributed by atoms with Crippen LogP contribution >= 0.6 is 0 Å². The number of nitrogens with two attached hydrogens (primary N) is 3. The summed E-state index contributed by atoms with van der Waals surface area (Å²) >= 11 is 0. The number of phenolic OH excluding ortho intramolecular Hbond substituents is 1. The predicted molar refractivity (Wildman–Crippen MR) is 175 cm³/mol. The van der Waals surface area contributed by atoms with E-state index in [9.17, 15) is 29.4 Å². The highest BCUT2D eigenvalue weighted by atomic mass is 16.4. The van der Waals surface area contributed by atoms with Crippen LogP contribution in [0.25, 0.3) is 10.9 Å². The number of hydrogen-bond acceptors (Lipinski definition) is 7. The number of carboxylic acid groups (broad SMARTS) is 1. The molecule has 4 atom stereocenters. The topological polar surface area (TPSA) is 251 Å². The molecule has 3 rings (SSSR count). The number of amides is 3. The summed E-state index contributed by atoms with van der Waals surface area (Å²) in [6.07, 6.45) is 2.56.